The molecular weight excluding hydrogens is 352 g/mol. The lowest BCUT2D eigenvalue weighted by Gasteiger charge is -2.50. The molecule has 28 heavy (non-hydrogen) atoms. The molecule has 0 saturated heterocycles. The van der Waals surface area contributed by atoms with Gasteiger partial charge in [-0.25, -0.2) is 0 Å². The highest BCUT2D eigenvalue weighted by Crippen LogP contribution is 2.62. The number of carbonyl (C=O) groups is 1. The van der Waals surface area contributed by atoms with Gasteiger partial charge in [-0.2, -0.15) is 0 Å². The topological polar surface area (TPSA) is 44.8 Å². The van der Waals surface area contributed by atoms with Crippen molar-refractivity contribution in [2.24, 2.45) is 17.3 Å². The van der Waals surface area contributed by atoms with Gasteiger partial charge in [0, 0.05) is 11.8 Å². The molecule has 2 saturated carbocycles. The van der Waals surface area contributed by atoms with Crippen LogP contribution >= 0.6 is 0 Å². The molecule has 4 rings (SSSR count). The van der Waals surface area contributed by atoms with E-state index in [1.165, 1.54) is 30.4 Å². The number of esters is 1. The summed E-state index contributed by atoms with van der Waals surface area (Å²) in [6.45, 7) is 4.42. The summed E-state index contributed by atoms with van der Waals surface area (Å²) < 4.78 is 17.1. The van der Waals surface area contributed by atoms with Crippen molar-refractivity contribution in [3.63, 3.8) is 0 Å². The number of hydrogen-bond donors (Lipinski definition) is 0. The van der Waals surface area contributed by atoms with E-state index in [0.29, 0.717) is 24.2 Å². The van der Waals surface area contributed by atoms with Crippen LogP contribution in [0.4, 0.5) is 0 Å². The first-order valence-corrected chi connectivity index (χ1v) is 11.0. The van der Waals surface area contributed by atoms with E-state index in [-0.39, 0.29) is 17.5 Å². The largest absolute Gasteiger partial charge is 0.493 e. The number of rotatable bonds is 5. The van der Waals surface area contributed by atoms with Crippen LogP contribution < -0.4 is 9.47 Å². The van der Waals surface area contributed by atoms with Gasteiger partial charge in [-0.1, -0.05) is 13.8 Å². The molecule has 3 aliphatic rings. The molecule has 0 aliphatic heterocycles. The monoisotopic (exact) mass is 386 g/mol. The van der Waals surface area contributed by atoms with E-state index in [0.717, 1.165) is 37.2 Å². The van der Waals surface area contributed by atoms with Gasteiger partial charge in [0.05, 0.1) is 14.2 Å². The molecule has 4 heteroatoms. The van der Waals surface area contributed by atoms with Gasteiger partial charge in [0.15, 0.2) is 11.5 Å². The fourth-order valence-corrected chi connectivity index (χ4v) is 6.46. The van der Waals surface area contributed by atoms with Gasteiger partial charge in [0.2, 0.25) is 0 Å². The molecule has 0 aromatic heterocycles. The van der Waals surface area contributed by atoms with Crippen molar-refractivity contribution in [1.82, 2.24) is 0 Å². The first-order valence-electron chi connectivity index (χ1n) is 11.0. The van der Waals surface area contributed by atoms with Crippen molar-refractivity contribution in [2.45, 2.75) is 77.2 Å². The molecule has 3 unspecified atom stereocenters. The normalized spacial score (nSPS) is 33.4. The number of aryl methyl sites for hydroxylation is 1. The zero-order chi connectivity index (χ0) is 19.9. The maximum absolute atomic E-state index is 12.1. The zero-order valence-corrected chi connectivity index (χ0v) is 17.8. The number of methoxy groups -OCH3 is 2. The Hall–Kier alpha value is -1.71. The minimum absolute atomic E-state index is 0.0117. The minimum atomic E-state index is -0.0117. The second-order valence-electron chi connectivity index (χ2n) is 9.17. The molecule has 0 radical (unpaired) electrons. The van der Waals surface area contributed by atoms with E-state index in [1.807, 2.05) is 6.92 Å². The van der Waals surface area contributed by atoms with Crippen LogP contribution in [0.1, 0.15) is 75.8 Å². The summed E-state index contributed by atoms with van der Waals surface area (Å²) in [5.74, 6) is 3.58. The third kappa shape index (κ3) is 3.09. The summed E-state index contributed by atoms with van der Waals surface area (Å²) >= 11 is 0. The third-order valence-corrected chi connectivity index (χ3v) is 7.87. The van der Waals surface area contributed by atoms with Crippen molar-refractivity contribution >= 4 is 5.97 Å². The summed E-state index contributed by atoms with van der Waals surface area (Å²) in [7, 11) is 3.43. The Bertz CT molecular complexity index is 742. The molecule has 1 aromatic rings. The number of fused-ring (bicyclic) bond motifs is 5. The lowest BCUT2D eigenvalue weighted by Crippen LogP contribution is -2.45. The highest BCUT2D eigenvalue weighted by Gasteiger charge is 2.56. The van der Waals surface area contributed by atoms with Gasteiger partial charge in [0.1, 0.15) is 6.10 Å². The standard InChI is InChI=1S/C24H34O4/c1-5-6-23(25)28-22-10-9-19-17-8-7-15-13-20(26-3)21(27-4)14-18(15)16(17)11-12-24(19,22)2/h13-14,16-17,19,22H,5-12H2,1-4H3/t16?,17?,19?,22-,24-/m0/s1. The first-order chi connectivity index (χ1) is 13.5. The van der Waals surface area contributed by atoms with Crippen LogP contribution in [0.3, 0.4) is 0 Å². The Morgan fingerprint density at radius 2 is 1.86 bits per heavy atom. The molecule has 3 aliphatic carbocycles. The lowest BCUT2D eigenvalue weighted by molar-refractivity contribution is -0.157. The predicted octanol–water partition coefficient (Wildman–Crippen LogP) is 5.27. The summed E-state index contributed by atoms with van der Waals surface area (Å²) in [5.41, 5.74) is 3.02. The average Bonchev–Trinajstić information content (AvgIpc) is 3.03. The molecule has 1 aromatic carbocycles. The summed E-state index contributed by atoms with van der Waals surface area (Å²) in [6.07, 6.45) is 8.34. The van der Waals surface area contributed by atoms with Gasteiger partial charge in [-0.3, -0.25) is 4.79 Å². The van der Waals surface area contributed by atoms with Crippen LogP contribution in [0.2, 0.25) is 0 Å². The Kier molecular flexibility index (Phi) is 5.32. The molecule has 0 bridgehead atoms. The van der Waals surface area contributed by atoms with Crippen molar-refractivity contribution < 1.29 is 19.0 Å². The molecule has 0 spiro atoms. The molecule has 4 nitrogen and oxygen atoms in total. The number of benzene rings is 1. The molecule has 154 valence electrons. The van der Waals surface area contributed by atoms with E-state index in [9.17, 15) is 4.79 Å². The van der Waals surface area contributed by atoms with Gasteiger partial charge in [0.25, 0.3) is 0 Å². The van der Waals surface area contributed by atoms with Gasteiger partial charge in [-0.15, -0.1) is 0 Å². The Labute approximate surface area is 168 Å². The Morgan fingerprint density at radius 1 is 1.11 bits per heavy atom. The van der Waals surface area contributed by atoms with Crippen molar-refractivity contribution in [2.75, 3.05) is 14.2 Å². The first kappa shape index (κ1) is 19.6. The minimum Gasteiger partial charge on any atom is -0.493 e. The quantitative estimate of drug-likeness (QED) is 0.647. The van der Waals surface area contributed by atoms with Crippen LogP contribution in [0.25, 0.3) is 0 Å². The molecule has 0 N–H and O–H groups in total. The van der Waals surface area contributed by atoms with Gasteiger partial charge < -0.3 is 14.2 Å². The molecule has 0 amide bonds. The van der Waals surface area contributed by atoms with E-state index in [4.69, 9.17) is 14.2 Å². The highest BCUT2D eigenvalue weighted by atomic mass is 16.5. The van der Waals surface area contributed by atoms with E-state index < -0.39 is 0 Å². The second-order valence-corrected chi connectivity index (χ2v) is 9.17. The number of ether oxygens (including phenoxy) is 3. The maximum Gasteiger partial charge on any atom is 0.306 e. The van der Waals surface area contributed by atoms with Gasteiger partial charge in [-0.05, 0) is 86.0 Å². The number of hydrogen-bond acceptors (Lipinski definition) is 4. The van der Waals surface area contributed by atoms with Crippen molar-refractivity contribution in [1.29, 1.82) is 0 Å². The molecule has 2 fully saturated rings. The predicted molar refractivity (Wildman–Crippen MR) is 109 cm³/mol. The van der Waals surface area contributed by atoms with Crippen molar-refractivity contribution in [3.8, 4) is 11.5 Å². The molecule has 5 atom stereocenters. The lowest BCUT2D eigenvalue weighted by atomic mass is 9.55. The van der Waals surface area contributed by atoms with E-state index in [2.05, 4.69) is 19.1 Å². The van der Waals surface area contributed by atoms with E-state index in [1.54, 1.807) is 14.2 Å². The summed E-state index contributed by atoms with van der Waals surface area (Å²) in [4.78, 5) is 12.1. The smallest absolute Gasteiger partial charge is 0.306 e. The Morgan fingerprint density at radius 3 is 2.57 bits per heavy atom. The van der Waals surface area contributed by atoms with Crippen LogP contribution in [0.15, 0.2) is 12.1 Å². The average molecular weight is 387 g/mol. The van der Waals surface area contributed by atoms with E-state index >= 15 is 0 Å². The fraction of sp³-hybridized carbons (Fsp3) is 0.708. The highest BCUT2D eigenvalue weighted by molar-refractivity contribution is 5.69. The van der Waals surface area contributed by atoms with Crippen molar-refractivity contribution in [3.05, 3.63) is 23.3 Å². The zero-order valence-electron chi connectivity index (χ0n) is 17.8. The molecule has 0 heterocycles. The summed E-state index contributed by atoms with van der Waals surface area (Å²) in [5, 5.41) is 0. The Balaban J connectivity index is 1.58. The van der Waals surface area contributed by atoms with Crippen LogP contribution in [-0.4, -0.2) is 26.3 Å². The van der Waals surface area contributed by atoms with Crippen LogP contribution in [0.5, 0.6) is 11.5 Å². The third-order valence-electron chi connectivity index (χ3n) is 7.87. The summed E-state index contributed by atoms with van der Waals surface area (Å²) in [6, 6.07) is 4.41. The second kappa shape index (κ2) is 7.61. The van der Waals surface area contributed by atoms with Crippen LogP contribution in [-0.2, 0) is 16.0 Å². The fourth-order valence-electron chi connectivity index (χ4n) is 6.46. The SMILES string of the molecule is CCCC(=O)O[C@H]1CCC2C3CCc4cc(OC)c(OC)cc4C3CC[C@@]21C. The van der Waals surface area contributed by atoms with Gasteiger partial charge >= 0.3 is 5.97 Å². The van der Waals surface area contributed by atoms with Crippen LogP contribution in [0, 0.1) is 17.3 Å². The number of carbonyl (C=O) groups excluding carboxylic acids is 1. The molecular formula is C24H34O4. The maximum atomic E-state index is 12.1.